The Hall–Kier alpha value is -2.37. The Bertz CT molecular complexity index is 689. The monoisotopic (exact) mass is 386 g/mol. The van der Waals surface area contributed by atoms with Crippen LogP contribution in [0.3, 0.4) is 0 Å². The lowest BCUT2D eigenvalue weighted by atomic mass is 10.0. The zero-order chi connectivity index (χ0) is 19.9. The Balaban J connectivity index is 1.36. The van der Waals surface area contributed by atoms with Crippen molar-refractivity contribution in [1.29, 1.82) is 0 Å². The van der Waals surface area contributed by atoms with Crippen LogP contribution in [0, 0.1) is 5.92 Å². The van der Waals surface area contributed by atoms with E-state index in [2.05, 4.69) is 5.32 Å². The van der Waals surface area contributed by atoms with E-state index in [4.69, 9.17) is 4.74 Å². The standard InChI is InChI=1S/C22H30N2O4/c1-2-15-28-19-7-5-16(6-8-19)20(25)9-10-21(26)23-18-11-13-24(14-12-18)22(27)17-3-4-17/h5-8,17-18H,2-4,9-15H2,1H3,(H,23,26). The van der Waals surface area contributed by atoms with Crippen LogP contribution in [-0.2, 0) is 9.59 Å². The average molecular weight is 386 g/mol. The smallest absolute Gasteiger partial charge is 0.225 e. The van der Waals surface area contributed by atoms with Gasteiger partial charge in [0.05, 0.1) is 6.61 Å². The first-order valence-corrected chi connectivity index (χ1v) is 10.4. The maximum absolute atomic E-state index is 12.3. The zero-order valence-electron chi connectivity index (χ0n) is 16.6. The van der Waals surface area contributed by atoms with E-state index in [1.54, 1.807) is 24.3 Å². The molecule has 1 N–H and O–H groups in total. The molecule has 1 aromatic rings. The number of carbonyl (C=O) groups excluding carboxylic acids is 3. The molecule has 1 saturated heterocycles. The van der Waals surface area contributed by atoms with Crippen molar-refractivity contribution in [3.05, 3.63) is 29.8 Å². The van der Waals surface area contributed by atoms with E-state index in [0.717, 1.165) is 37.9 Å². The summed E-state index contributed by atoms with van der Waals surface area (Å²) in [6.07, 6.45) is 4.95. The SMILES string of the molecule is CCCOc1ccc(C(=O)CCC(=O)NC2CCN(C(=O)C3CC3)CC2)cc1. The zero-order valence-corrected chi connectivity index (χ0v) is 16.6. The number of nitrogens with one attached hydrogen (secondary N) is 1. The van der Waals surface area contributed by atoms with Crippen LogP contribution in [0.5, 0.6) is 5.75 Å². The van der Waals surface area contributed by atoms with Crippen molar-refractivity contribution in [1.82, 2.24) is 10.2 Å². The van der Waals surface area contributed by atoms with Gasteiger partial charge in [-0.3, -0.25) is 14.4 Å². The molecule has 0 bridgehead atoms. The second kappa shape index (κ2) is 9.71. The van der Waals surface area contributed by atoms with Crippen LogP contribution in [0.4, 0.5) is 0 Å². The minimum Gasteiger partial charge on any atom is -0.494 e. The van der Waals surface area contributed by atoms with Gasteiger partial charge in [0.1, 0.15) is 5.75 Å². The molecule has 2 fully saturated rings. The van der Waals surface area contributed by atoms with Gasteiger partial charge in [0, 0.05) is 43.5 Å². The van der Waals surface area contributed by atoms with Crippen molar-refractivity contribution >= 4 is 17.6 Å². The van der Waals surface area contributed by atoms with Gasteiger partial charge < -0.3 is 15.0 Å². The minimum atomic E-state index is -0.0942. The number of Topliss-reactive ketones (excluding diaryl/α,β-unsaturated/α-hetero) is 1. The summed E-state index contributed by atoms with van der Waals surface area (Å²) in [7, 11) is 0. The van der Waals surface area contributed by atoms with Gasteiger partial charge in [-0.15, -0.1) is 0 Å². The van der Waals surface area contributed by atoms with Gasteiger partial charge in [-0.2, -0.15) is 0 Å². The molecule has 1 heterocycles. The number of rotatable bonds is 9. The van der Waals surface area contributed by atoms with Crippen LogP contribution in [0.1, 0.15) is 62.2 Å². The van der Waals surface area contributed by atoms with E-state index in [1.807, 2.05) is 11.8 Å². The summed E-state index contributed by atoms with van der Waals surface area (Å²) in [6, 6.07) is 7.18. The quantitative estimate of drug-likeness (QED) is 0.662. The molecule has 1 aliphatic heterocycles. The lowest BCUT2D eigenvalue weighted by Gasteiger charge is -2.32. The average Bonchev–Trinajstić information content (AvgIpc) is 3.56. The number of hydrogen-bond acceptors (Lipinski definition) is 4. The number of ether oxygens (including phenoxy) is 1. The maximum Gasteiger partial charge on any atom is 0.225 e. The van der Waals surface area contributed by atoms with Crippen LogP contribution >= 0.6 is 0 Å². The Morgan fingerprint density at radius 3 is 2.32 bits per heavy atom. The molecular weight excluding hydrogens is 356 g/mol. The van der Waals surface area contributed by atoms with Crippen LogP contribution in [0.25, 0.3) is 0 Å². The van der Waals surface area contributed by atoms with E-state index in [9.17, 15) is 14.4 Å². The fourth-order valence-electron chi connectivity index (χ4n) is 3.46. The van der Waals surface area contributed by atoms with Gasteiger partial charge in [0.15, 0.2) is 5.78 Å². The predicted molar refractivity (Wildman–Crippen MR) is 106 cm³/mol. The molecule has 6 nitrogen and oxygen atoms in total. The number of likely N-dealkylation sites (tertiary alicyclic amines) is 1. The topological polar surface area (TPSA) is 75.7 Å². The highest BCUT2D eigenvalue weighted by atomic mass is 16.5. The van der Waals surface area contributed by atoms with Crippen LogP contribution in [-0.4, -0.2) is 48.2 Å². The number of amides is 2. The van der Waals surface area contributed by atoms with Crippen LogP contribution in [0.15, 0.2) is 24.3 Å². The highest BCUT2D eigenvalue weighted by molar-refractivity contribution is 5.98. The number of carbonyl (C=O) groups is 3. The highest BCUT2D eigenvalue weighted by Crippen LogP contribution is 2.31. The first-order chi connectivity index (χ1) is 13.6. The Kier molecular flexibility index (Phi) is 7.06. The molecule has 0 radical (unpaired) electrons. The predicted octanol–water partition coefficient (Wildman–Crippen LogP) is 2.96. The number of piperidine rings is 1. The summed E-state index contributed by atoms with van der Waals surface area (Å²) in [4.78, 5) is 38.5. The van der Waals surface area contributed by atoms with Crippen molar-refractivity contribution < 1.29 is 19.1 Å². The molecule has 0 unspecified atom stereocenters. The van der Waals surface area contributed by atoms with Gasteiger partial charge >= 0.3 is 0 Å². The Labute approximate surface area is 166 Å². The molecule has 152 valence electrons. The van der Waals surface area contributed by atoms with Crippen molar-refractivity contribution in [3.8, 4) is 5.75 Å². The molecule has 2 amide bonds. The fourth-order valence-corrected chi connectivity index (χ4v) is 3.46. The second-order valence-electron chi connectivity index (χ2n) is 7.74. The molecule has 3 rings (SSSR count). The molecule has 0 aromatic heterocycles. The summed E-state index contributed by atoms with van der Waals surface area (Å²) >= 11 is 0. The molecule has 6 heteroatoms. The molecular formula is C22H30N2O4. The first kappa shape index (κ1) is 20.4. The number of hydrogen-bond donors (Lipinski definition) is 1. The summed E-state index contributed by atoms with van der Waals surface area (Å²) in [6.45, 7) is 4.12. The van der Waals surface area contributed by atoms with Gasteiger partial charge in [0.2, 0.25) is 11.8 Å². The van der Waals surface area contributed by atoms with Gasteiger partial charge in [-0.05, 0) is 56.4 Å². The van der Waals surface area contributed by atoms with E-state index < -0.39 is 0 Å². The molecule has 0 spiro atoms. The number of nitrogens with zero attached hydrogens (tertiary/aromatic N) is 1. The first-order valence-electron chi connectivity index (χ1n) is 10.4. The highest BCUT2D eigenvalue weighted by Gasteiger charge is 2.35. The third-order valence-corrected chi connectivity index (χ3v) is 5.33. The van der Waals surface area contributed by atoms with Crippen molar-refractivity contribution in [2.75, 3.05) is 19.7 Å². The summed E-state index contributed by atoms with van der Waals surface area (Å²) in [5, 5.41) is 3.01. The second-order valence-corrected chi connectivity index (χ2v) is 7.74. The van der Waals surface area contributed by atoms with Crippen molar-refractivity contribution in [3.63, 3.8) is 0 Å². The number of ketones is 1. The van der Waals surface area contributed by atoms with E-state index in [1.165, 1.54) is 0 Å². The normalized spacial score (nSPS) is 17.2. The van der Waals surface area contributed by atoms with Gasteiger partial charge in [0.25, 0.3) is 0 Å². The Morgan fingerprint density at radius 1 is 1.04 bits per heavy atom. The molecule has 1 saturated carbocycles. The third-order valence-electron chi connectivity index (χ3n) is 5.33. The molecule has 2 aliphatic rings. The third kappa shape index (κ3) is 5.81. The van der Waals surface area contributed by atoms with E-state index in [0.29, 0.717) is 25.3 Å². The summed E-state index contributed by atoms with van der Waals surface area (Å²) in [5.41, 5.74) is 0.601. The lowest BCUT2D eigenvalue weighted by molar-refractivity contribution is -0.133. The minimum absolute atomic E-state index is 0.0398. The van der Waals surface area contributed by atoms with Crippen LogP contribution in [0.2, 0.25) is 0 Å². The molecule has 0 atom stereocenters. The van der Waals surface area contributed by atoms with Crippen molar-refractivity contribution in [2.45, 2.75) is 57.9 Å². The van der Waals surface area contributed by atoms with Crippen molar-refractivity contribution in [2.24, 2.45) is 5.92 Å². The van der Waals surface area contributed by atoms with E-state index in [-0.39, 0.29) is 42.4 Å². The van der Waals surface area contributed by atoms with Gasteiger partial charge in [-0.1, -0.05) is 6.92 Å². The van der Waals surface area contributed by atoms with Gasteiger partial charge in [-0.25, -0.2) is 0 Å². The molecule has 1 aliphatic carbocycles. The van der Waals surface area contributed by atoms with Crippen LogP contribution < -0.4 is 10.1 Å². The molecule has 28 heavy (non-hydrogen) atoms. The fraction of sp³-hybridized carbons (Fsp3) is 0.591. The number of benzene rings is 1. The maximum atomic E-state index is 12.3. The summed E-state index contributed by atoms with van der Waals surface area (Å²) < 4.78 is 5.51. The lowest BCUT2D eigenvalue weighted by Crippen LogP contribution is -2.47. The molecule has 1 aromatic carbocycles. The largest absolute Gasteiger partial charge is 0.494 e. The summed E-state index contributed by atoms with van der Waals surface area (Å²) in [5.74, 6) is 1.15. The Morgan fingerprint density at radius 2 is 1.71 bits per heavy atom. The van der Waals surface area contributed by atoms with E-state index >= 15 is 0 Å².